The zero-order chi connectivity index (χ0) is 20.7. The monoisotopic (exact) mass is 385 g/mol. The molecule has 150 valence electrons. The van der Waals surface area contributed by atoms with E-state index in [9.17, 15) is 19.6 Å². The first kappa shape index (κ1) is 21.4. The zero-order valence-corrected chi connectivity index (χ0v) is 16.6. The van der Waals surface area contributed by atoms with Crippen LogP contribution in [-0.2, 0) is 14.3 Å². The molecule has 0 radical (unpaired) electrons. The van der Waals surface area contributed by atoms with Gasteiger partial charge in [0.1, 0.15) is 11.6 Å². The van der Waals surface area contributed by atoms with E-state index < -0.39 is 30.1 Å². The van der Waals surface area contributed by atoms with Gasteiger partial charge in [-0.3, -0.25) is 9.59 Å². The average molecular weight is 385 g/mol. The summed E-state index contributed by atoms with van der Waals surface area (Å²) in [5.41, 5.74) is 0.611. The zero-order valence-electron chi connectivity index (χ0n) is 16.6. The largest absolute Gasteiger partial charge is 0.454 e. The van der Waals surface area contributed by atoms with Crippen LogP contribution in [0.1, 0.15) is 55.5 Å². The van der Waals surface area contributed by atoms with Crippen molar-refractivity contribution in [3.05, 3.63) is 35.4 Å². The normalized spacial score (nSPS) is 16.1. The van der Waals surface area contributed by atoms with Crippen molar-refractivity contribution in [1.29, 1.82) is 5.26 Å². The van der Waals surface area contributed by atoms with E-state index >= 15 is 0 Å². The molecule has 1 aromatic carbocycles. The second kappa shape index (κ2) is 9.36. The number of hydrogen-bond acceptors (Lipinski definition) is 5. The number of rotatable bonds is 7. The lowest BCUT2D eigenvalue weighted by atomic mass is 10.00. The van der Waals surface area contributed by atoms with E-state index in [1.54, 1.807) is 26.0 Å². The molecule has 0 spiro atoms. The van der Waals surface area contributed by atoms with Crippen LogP contribution in [0.5, 0.6) is 0 Å². The number of ether oxygens (including phenoxy) is 1. The van der Waals surface area contributed by atoms with Crippen LogP contribution < -0.4 is 10.6 Å². The molecule has 1 atom stereocenters. The summed E-state index contributed by atoms with van der Waals surface area (Å²) in [5, 5.41) is 14.7. The molecule has 0 heterocycles. The minimum Gasteiger partial charge on any atom is -0.454 e. The van der Waals surface area contributed by atoms with Gasteiger partial charge in [0.05, 0.1) is 6.07 Å². The van der Waals surface area contributed by atoms with Crippen molar-refractivity contribution in [1.82, 2.24) is 10.6 Å². The number of carbonyl (C=O) groups is 3. The molecule has 1 aliphatic carbocycles. The van der Waals surface area contributed by atoms with Crippen molar-refractivity contribution in [3.63, 3.8) is 0 Å². The van der Waals surface area contributed by atoms with E-state index in [4.69, 9.17) is 4.74 Å². The Labute approximate surface area is 165 Å². The fourth-order valence-electron chi connectivity index (χ4n) is 3.20. The van der Waals surface area contributed by atoms with E-state index in [2.05, 4.69) is 16.7 Å². The van der Waals surface area contributed by atoms with E-state index in [1.807, 2.05) is 19.1 Å². The first-order valence-electron chi connectivity index (χ1n) is 9.53. The van der Waals surface area contributed by atoms with E-state index in [1.165, 1.54) is 0 Å². The van der Waals surface area contributed by atoms with Crippen LogP contribution >= 0.6 is 0 Å². The second-order valence-electron chi connectivity index (χ2n) is 7.62. The number of esters is 1. The van der Waals surface area contributed by atoms with Crippen molar-refractivity contribution in [2.24, 2.45) is 5.92 Å². The average Bonchev–Trinajstić information content (AvgIpc) is 3.13. The molecule has 28 heavy (non-hydrogen) atoms. The van der Waals surface area contributed by atoms with Gasteiger partial charge in [-0.05, 0) is 50.7 Å². The Bertz CT molecular complexity index is 759. The first-order chi connectivity index (χ1) is 13.3. The topological polar surface area (TPSA) is 108 Å². The maximum absolute atomic E-state index is 12.4. The molecular formula is C21H27N3O4. The fraction of sp³-hybridized carbons (Fsp3) is 0.524. The lowest BCUT2D eigenvalue weighted by Crippen LogP contribution is -2.49. The quantitative estimate of drug-likeness (QED) is 0.700. The Hall–Kier alpha value is -2.88. The molecule has 0 unspecified atom stereocenters. The van der Waals surface area contributed by atoms with Crippen LogP contribution in [0.25, 0.3) is 0 Å². The number of benzene rings is 1. The van der Waals surface area contributed by atoms with Crippen molar-refractivity contribution < 1.29 is 19.1 Å². The van der Waals surface area contributed by atoms with Crippen molar-refractivity contribution in [2.75, 3.05) is 6.61 Å². The predicted molar refractivity (Wildman–Crippen MR) is 103 cm³/mol. The van der Waals surface area contributed by atoms with Gasteiger partial charge in [-0.15, -0.1) is 0 Å². The summed E-state index contributed by atoms with van der Waals surface area (Å²) in [5.74, 6) is -1.79. The highest BCUT2D eigenvalue weighted by molar-refractivity contribution is 5.97. The maximum Gasteiger partial charge on any atom is 0.329 e. The van der Waals surface area contributed by atoms with Crippen LogP contribution in [0.15, 0.2) is 24.3 Å². The van der Waals surface area contributed by atoms with Gasteiger partial charge in [-0.2, -0.15) is 5.26 Å². The highest BCUT2D eigenvalue weighted by Gasteiger charge is 2.36. The third-order valence-corrected chi connectivity index (χ3v) is 4.92. The van der Waals surface area contributed by atoms with Gasteiger partial charge >= 0.3 is 5.97 Å². The van der Waals surface area contributed by atoms with Gasteiger partial charge in [0.15, 0.2) is 6.61 Å². The first-order valence-corrected chi connectivity index (χ1v) is 9.53. The third-order valence-electron chi connectivity index (χ3n) is 4.92. The molecular weight excluding hydrogens is 358 g/mol. The van der Waals surface area contributed by atoms with Crippen LogP contribution in [-0.4, -0.2) is 36.0 Å². The molecule has 1 aromatic rings. The Morgan fingerprint density at radius 3 is 2.32 bits per heavy atom. The molecule has 0 saturated heterocycles. The third kappa shape index (κ3) is 5.56. The van der Waals surface area contributed by atoms with E-state index in [0.717, 1.165) is 18.4 Å². The van der Waals surface area contributed by atoms with Crippen LogP contribution in [0.2, 0.25) is 0 Å². The van der Waals surface area contributed by atoms with Gasteiger partial charge < -0.3 is 15.4 Å². The lowest BCUT2D eigenvalue weighted by Gasteiger charge is -2.23. The summed E-state index contributed by atoms with van der Waals surface area (Å²) in [6.45, 7) is 5.00. The predicted octanol–water partition coefficient (Wildman–Crippen LogP) is 2.25. The molecule has 2 rings (SSSR count). The number of aryl methyl sites for hydroxylation is 1. The van der Waals surface area contributed by atoms with Crippen molar-refractivity contribution >= 4 is 17.8 Å². The van der Waals surface area contributed by atoms with Crippen LogP contribution in [0.3, 0.4) is 0 Å². The molecule has 7 heteroatoms. The second-order valence-corrected chi connectivity index (χ2v) is 7.62. The molecule has 0 aliphatic heterocycles. The summed E-state index contributed by atoms with van der Waals surface area (Å²) in [6, 6.07) is 8.28. The smallest absolute Gasteiger partial charge is 0.329 e. The van der Waals surface area contributed by atoms with Crippen LogP contribution in [0.4, 0.5) is 0 Å². The minimum atomic E-state index is -0.877. The standard InChI is InChI=1S/C21H27N3O4/c1-14(2)18(23-19(26)16-8-6-15(3)7-9-16)20(27)28-12-17(25)24-21(13-22)10-4-5-11-21/h6-9,14,18H,4-5,10-12H2,1-3H3,(H,23,26)(H,24,25)/t18-/m0/s1. The number of nitriles is 1. The van der Waals surface area contributed by atoms with Gasteiger partial charge in [-0.25, -0.2) is 4.79 Å². The number of nitrogens with one attached hydrogen (secondary N) is 2. The molecule has 0 bridgehead atoms. The molecule has 1 saturated carbocycles. The van der Waals surface area contributed by atoms with Gasteiger partial charge in [0, 0.05) is 5.56 Å². The van der Waals surface area contributed by atoms with Crippen molar-refractivity contribution in [2.45, 2.75) is 58.0 Å². The fourth-order valence-corrected chi connectivity index (χ4v) is 3.20. The number of hydrogen-bond donors (Lipinski definition) is 2. The Balaban J connectivity index is 1.91. The van der Waals surface area contributed by atoms with Crippen LogP contribution in [0, 0.1) is 24.2 Å². The van der Waals surface area contributed by atoms with Gasteiger partial charge in [-0.1, -0.05) is 31.5 Å². The number of carbonyl (C=O) groups excluding carboxylic acids is 3. The number of nitrogens with zero attached hydrogens (tertiary/aromatic N) is 1. The Kier molecular flexibility index (Phi) is 7.16. The minimum absolute atomic E-state index is 0.217. The summed E-state index contributed by atoms with van der Waals surface area (Å²) in [4.78, 5) is 36.9. The summed E-state index contributed by atoms with van der Waals surface area (Å²) >= 11 is 0. The van der Waals surface area contributed by atoms with Gasteiger partial charge in [0.2, 0.25) is 0 Å². The summed E-state index contributed by atoms with van der Waals surface area (Å²) < 4.78 is 5.11. The summed E-state index contributed by atoms with van der Waals surface area (Å²) in [7, 11) is 0. The summed E-state index contributed by atoms with van der Waals surface area (Å²) in [6.07, 6.45) is 2.97. The molecule has 1 fully saturated rings. The maximum atomic E-state index is 12.4. The lowest BCUT2D eigenvalue weighted by molar-refractivity contribution is -0.151. The molecule has 1 aliphatic rings. The SMILES string of the molecule is Cc1ccc(C(=O)N[C@H](C(=O)OCC(=O)NC2(C#N)CCCC2)C(C)C)cc1. The van der Waals surface area contributed by atoms with E-state index in [0.29, 0.717) is 18.4 Å². The number of amides is 2. The van der Waals surface area contributed by atoms with Crippen molar-refractivity contribution in [3.8, 4) is 6.07 Å². The highest BCUT2D eigenvalue weighted by atomic mass is 16.5. The highest BCUT2D eigenvalue weighted by Crippen LogP contribution is 2.28. The Morgan fingerprint density at radius 2 is 1.79 bits per heavy atom. The molecule has 2 amide bonds. The Morgan fingerprint density at radius 1 is 1.18 bits per heavy atom. The molecule has 0 aromatic heterocycles. The molecule has 7 nitrogen and oxygen atoms in total. The van der Waals surface area contributed by atoms with Gasteiger partial charge in [0.25, 0.3) is 11.8 Å². The molecule has 2 N–H and O–H groups in total. The van der Waals surface area contributed by atoms with E-state index in [-0.39, 0.29) is 11.8 Å².